The summed E-state index contributed by atoms with van der Waals surface area (Å²) in [5, 5.41) is 0. The Bertz CT molecular complexity index is 428. The maximum atomic E-state index is 12.5. The molecule has 0 aromatic heterocycles. The van der Waals surface area contributed by atoms with E-state index in [1.165, 1.54) is 4.31 Å². The average molecular weight is 294 g/mol. The Morgan fingerprint density at radius 2 is 1.61 bits per heavy atom. The molecular weight excluding hydrogens is 272 g/mol. The van der Waals surface area contributed by atoms with Gasteiger partial charge in [0.15, 0.2) is 0 Å². The van der Waals surface area contributed by atoms with E-state index in [1.807, 2.05) is 13.8 Å². The molecule has 0 aromatic carbocycles. The number of nitrogens with zero attached hydrogens (tertiary/aromatic N) is 2. The molecule has 0 spiro atoms. The zero-order chi connectivity index (χ0) is 13.4. The quantitative estimate of drug-likeness (QED) is 0.748. The van der Waals surface area contributed by atoms with Gasteiger partial charge < -0.3 is 0 Å². The van der Waals surface area contributed by atoms with Crippen LogP contribution in [0.5, 0.6) is 0 Å². The fourth-order valence-electron chi connectivity index (χ4n) is 2.49. The number of piperidine rings is 1. The molecule has 0 radical (unpaired) electrons. The summed E-state index contributed by atoms with van der Waals surface area (Å²) in [4.78, 5) is 0. The van der Waals surface area contributed by atoms with Crippen LogP contribution in [-0.2, 0) is 21.0 Å². The van der Waals surface area contributed by atoms with E-state index in [4.69, 9.17) is 0 Å². The normalized spacial score (nSPS) is 31.3. The molecule has 1 unspecified atom stereocenters. The standard InChI is InChI=1S/C11H22N2O3S2/c1-11(2)10-13(8-9-17(11)14)18(15,16)12-6-4-3-5-7-12/h3-10H2,1-2H3. The first-order valence-electron chi connectivity index (χ1n) is 6.48. The molecule has 2 saturated heterocycles. The molecule has 2 aliphatic heterocycles. The minimum atomic E-state index is -3.35. The highest BCUT2D eigenvalue weighted by atomic mass is 32.2. The second kappa shape index (κ2) is 5.19. The lowest BCUT2D eigenvalue weighted by molar-refractivity contribution is 0.294. The maximum absolute atomic E-state index is 12.5. The minimum Gasteiger partial charge on any atom is -0.259 e. The lowest BCUT2D eigenvalue weighted by atomic mass is 10.2. The van der Waals surface area contributed by atoms with E-state index in [-0.39, 0.29) is 0 Å². The lowest BCUT2D eigenvalue weighted by Crippen LogP contribution is -2.56. The predicted octanol–water partition coefficient (Wildman–Crippen LogP) is 0.560. The summed E-state index contributed by atoms with van der Waals surface area (Å²) in [5.41, 5.74) is 0. The largest absolute Gasteiger partial charge is 0.282 e. The summed E-state index contributed by atoms with van der Waals surface area (Å²) in [7, 11) is -4.28. The topological polar surface area (TPSA) is 57.7 Å². The molecule has 7 heteroatoms. The molecule has 0 N–H and O–H groups in total. The third kappa shape index (κ3) is 2.79. The molecule has 18 heavy (non-hydrogen) atoms. The highest BCUT2D eigenvalue weighted by Crippen LogP contribution is 2.25. The van der Waals surface area contributed by atoms with Gasteiger partial charge in [-0.1, -0.05) is 6.42 Å². The molecule has 0 aromatic rings. The van der Waals surface area contributed by atoms with Crippen LogP contribution in [0.2, 0.25) is 0 Å². The van der Waals surface area contributed by atoms with Crippen LogP contribution in [0.3, 0.4) is 0 Å². The minimum absolute atomic E-state index is 0.360. The number of hydrogen-bond donors (Lipinski definition) is 0. The van der Waals surface area contributed by atoms with Crippen molar-refractivity contribution in [3.05, 3.63) is 0 Å². The van der Waals surface area contributed by atoms with E-state index in [0.717, 1.165) is 19.3 Å². The van der Waals surface area contributed by atoms with Crippen LogP contribution in [-0.4, -0.2) is 57.9 Å². The van der Waals surface area contributed by atoms with E-state index in [0.29, 0.717) is 31.9 Å². The van der Waals surface area contributed by atoms with Gasteiger partial charge in [-0.3, -0.25) is 4.21 Å². The zero-order valence-electron chi connectivity index (χ0n) is 11.1. The lowest BCUT2D eigenvalue weighted by Gasteiger charge is -2.39. The van der Waals surface area contributed by atoms with Crippen LogP contribution in [0, 0.1) is 0 Å². The first-order chi connectivity index (χ1) is 8.34. The fourth-order valence-corrected chi connectivity index (χ4v) is 5.78. The summed E-state index contributed by atoms with van der Waals surface area (Å²) in [5.74, 6) is 0.445. The van der Waals surface area contributed by atoms with Crippen LogP contribution in [0.4, 0.5) is 0 Å². The van der Waals surface area contributed by atoms with Crippen molar-refractivity contribution in [2.24, 2.45) is 0 Å². The highest BCUT2D eigenvalue weighted by Gasteiger charge is 2.40. The van der Waals surface area contributed by atoms with Crippen LogP contribution >= 0.6 is 0 Å². The molecular formula is C11H22N2O3S2. The van der Waals surface area contributed by atoms with Gasteiger partial charge in [-0.2, -0.15) is 17.0 Å². The van der Waals surface area contributed by atoms with Gasteiger partial charge in [0, 0.05) is 42.7 Å². The first-order valence-corrected chi connectivity index (χ1v) is 9.19. The second-order valence-electron chi connectivity index (χ2n) is 5.61. The van der Waals surface area contributed by atoms with Gasteiger partial charge in [-0.05, 0) is 26.7 Å². The van der Waals surface area contributed by atoms with E-state index in [9.17, 15) is 12.6 Å². The Kier molecular flexibility index (Phi) is 4.16. The van der Waals surface area contributed by atoms with E-state index in [2.05, 4.69) is 0 Å². The Balaban J connectivity index is 2.13. The molecule has 5 nitrogen and oxygen atoms in total. The van der Waals surface area contributed by atoms with Gasteiger partial charge in [-0.15, -0.1) is 0 Å². The summed E-state index contributed by atoms with van der Waals surface area (Å²) in [6.07, 6.45) is 3.01. The van der Waals surface area contributed by atoms with Crippen molar-refractivity contribution in [1.82, 2.24) is 8.61 Å². The van der Waals surface area contributed by atoms with Crippen molar-refractivity contribution in [2.45, 2.75) is 37.9 Å². The molecule has 2 heterocycles. The SMILES string of the molecule is CC1(C)CN(S(=O)(=O)N2CCCCC2)CCS1=O. The fraction of sp³-hybridized carbons (Fsp3) is 1.00. The van der Waals surface area contributed by atoms with Crippen molar-refractivity contribution in [3.8, 4) is 0 Å². The Morgan fingerprint density at radius 1 is 1.00 bits per heavy atom. The van der Waals surface area contributed by atoms with Crippen LogP contribution in [0.25, 0.3) is 0 Å². The van der Waals surface area contributed by atoms with Crippen molar-refractivity contribution >= 4 is 21.0 Å². The van der Waals surface area contributed by atoms with Crippen LogP contribution in [0.1, 0.15) is 33.1 Å². The van der Waals surface area contributed by atoms with E-state index in [1.54, 1.807) is 4.31 Å². The van der Waals surface area contributed by atoms with Crippen LogP contribution < -0.4 is 0 Å². The van der Waals surface area contributed by atoms with Crippen molar-refractivity contribution < 1.29 is 12.6 Å². The van der Waals surface area contributed by atoms with Gasteiger partial charge in [0.1, 0.15) is 0 Å². The summed E-state index contributed by atoms with van der Waals surface area (Å²) < 4.78 is 39.5. The Labute approximate surface area is 112 Å². The highest BCUT2D eigenvalue weighted by molar-refractivity contribution is 7.88. The molecule has 2 aliphatic rings. The van der Waals surface area contributed by atoms with Gasteiger partial charge >= 0.3 is 0 Å². The summed E-state index contributed by atoms with van der Waals surface area (Å²) >= 11 is 0. The molecule has 106 valence electrons. The van der Waals surface area contributed by atoms with Gasteiger partial charge in [0.2, 0.25) is 0 Å². The molecule has 2 rings (SSSR count). The van der Waals surface area contributed by atoms with E-state index < -0.39 is 25.8 Å². The number of hydrogen-bond acceptors (Lipinski definition) is 3. The third-order valence-corrected chi connectivity index (χ3v) is 7.56. The Morgan fingerprint density at radius 3 is 2.17 bits per heavy atom. The van der Waals surface area contributed by atoms with Gasteiger partial charge in [0.25, 0.3) is 10.2 Å². The predicted molar refractivity (Wildman–Crippen MR) is 73.0 cm³/mol. The molecule has 0 aliphatic carbocycles. The zero-order valence-corrected chi connectivity index (χ0v) is 12.7. The molecule has 0 amide bonds. The second-order valence-corrected chi connectivity index (χ2v) is 9.74. The number of rotatable bonds is 2. The molecule has 2 fully saturated rings. The van der Waals surface area contributed by atoms with Gasteiger partial charge in [-0.25, -0.2) is 0 Å². The molecule has 0 saturated carbocycles. The monoisotopic (exact) mass is 294 g/mol. The van der Waals surface area contributed by atoms with Crippen molar-refractivity contribution in [3.63, 3.8) is 0 Å². The van der Waals surface area contributed by atoms with E-state index >= 15 is 0 Å². The molecule has 1 atom stereocenters. The maximum Gasteiger partial charge on any atom is 0.282 e. The van der Waals surface area contributed by atoms with Crippen molar-refractivity contribution in [1.29, 1.82) is 0 Å². The van der Waals surface area contributed by atoms with Gasteiger partial charge in [0.05, 0.1) is 4.75 Å². The Hall–Kier alpha value is 0.0200. The average Bonchev–Trinajstić information content (AvgIpc) is 2.33. The third-order valence-electron chi connectivity index (χ3n) is 3.67. The van der Waals surface area contributed by atoms with Crippen molar-refractivity contribution in [2.75, 3.05) is 31.9 Å². The van der Waals surface area contributed by atoms with Crippen LogP contribution in [0.15, 0.2) is 0 Å². The summed E-state index contributed by atoms with van der Waals surface area (Å²) in [6.45, 7) is 5.75. The summed E-state index contributed by atoms with van der Waals surface area (Å²) in [6, 6.07) is 0. The molecule has 0 bridgehead atoms. The smallest absolute Gasteiger partial charge is 0.259 e. The first kappa shape index (κ1) is 14.4.